The Morgan fingerprint density at radius 1 is 1.00 bits per heavy atom. The average Bonchev–Trinajstić information content (AvgIpc) is 3.37. The summed E-state index contributed by atoms with van der Waals surface area (Å²) >= 11 is 0. The Morgan fingerprint density at radius 2 is 1.53 bits per heavy atom. The molecule has 3 amide bonds. The number of rotatable bonds is 5. The molecule has 2 fully saturated rings. The van der Waals surface area contributed by atoms with Crippen molar-refractivity contribution in [3.05, 3.63) is 36.4 Å². The number of benzene rings is 1. The standard InChI is InChI=1S/C21H25N3O5S/c1-14(24-20(26)17-6-2-3-7-18(17)21(24)27)19(25)22-15-8-10-16(11-9-15)30(28,29)23-12-4-5-13-23/h2-3,8-11,14,17-18H,4-7,12-13H2,1H3,(H,22,25)/t14-,17-,18+/m0/s1. The Balaban J connectivity index is 1.44. The fourth-order valence-electron chi connectivity index (χ4n) is 4.36. The van der Waals surface area contributed by atoms with Crippen LogP contribution in [0, 0.1) is 11.8 Å². The van der Waals surface area contributed by atoms with Crippen molar-refractivity contribution < 1.29 is 22.8 Å². The van der Waals surface area contributed by atoms with E-state index in [1.54, 1.807) is 0 Å². The molecule has 8 nitrogen and oxygen atoms in total. The Kier molecular flexibility index (Phi) is 5.50. The zero-order valence-corrected chi connectivity index (χ0v) is 17.6. The molecule has 2 heterocycles. The molecule has 0 bridgehead atoms. The lowest BCUT2D eigenvalue weighted by molar-refractivity contribution is -0.146. The summed E-state index contributed by atoms with van der Waals surface area (Å²) in [5, 5.41) is 2.68. The first-order chi connectivity index (χ1) is 14.3. The van der Waals surface area contributed by atoms with Crippen molar-refractivity contribution in [2.75, 3.05) is 18.4 Å². The predicted octanol–water partition coefficient (Wildman–Crippen LogP) is 1.75. The van der Waals surface area contributed by atoms with Gasteiger partial charge < -0.3 is 5.32 Å². The minimum Gasteiger partial charge on any atom is -0.324 e. The minimum absolute atomic E-state index is 0.178. The molecule has 160 valence electrons. The fourth-order valence-corrected chi connectivity index (χ4v) is 5.88. The predicted molar refractivity (Wildman–Crippen MR) is 110 cm³/mol. The normalized spacial score (nSPS) is 25.4. The van der Waals surface area contributed by atoms with Gasteiger partial charge in [-0.2, -0.15) is 4.31 Å². The summed E-state index contributed by atoms with van der Waals surface area (Å²) in [4.78, 5) is 39.2. The molecule has 9 heteroatoms. The van der Waals surface area contributed by atoms with E-state index in [4.69, 9.17) is 0 Å². The van der Waals surface area contributed by atoms with Crippen LogP contribution in [-0.4, -0.2) is 54.5 Å². The first-order valence-electron chi connectivity index (χ1n) is 10.2. The van der Waals surface area contributed by atoms with Crippen molar-refractivity contribution in [2.24, 2.45) is 11.8 Å². The van der Waals surface area contributed by atoms with Crippen molar-refractivity contribution in [3.63, 3.8) is 0 Å². The Morgan fingerprint density at radius 3 is 2.07 bits per heavy atom. The number of sulfonamides is 1. The van der Waals surface area contributed by atoms with E-state index in [0.29, 0.717) is 31.6 Å². The second kappa shape index (κ2) is 7.96. The highest BCUT2D eigenvalue weighted by molar-refractivity contribution is 7.89. The molecule has 2 aliphatic heterocycles. The molecule has 3 aliphatic rings. The Bertz CT molecular complexity index is 970. The van der Waals surface area contributed by atoms with Gasteiger partial charge in [0.15, 0.2) is 0 Å². The highest BCUT2D eigenvalue weighted by atomic mass is 32.2. The lowest BCUT2D eigenvalue weighted by Gasteiger charge is -2.22. The van der Waals surface area contributed by atoms with Crippen molar-refractivity contribution in [3.8, 4) is 0 Å². The molecule has 0 unspecified atom stereocenters. The van der Waals surface area contributed by atoms with E-state index < -0.39 is 22.0 Å². The molecular weight excluding hydrogens is 406 g/mol. The fraction of sp³-hybridized carbons (Fsp3) is 0.476. The summed E-state index contributed by atoms with van der Waals surface area (Å²) in [7, 11) is -3.52. The molecule has 2 saturated heterocycles. The van der Waals surface area contributed by atoms with Crippen LogP contribution in [0.25, 0.3) is 0 Å². The van der Waals surface area contributed by atoms with Crippen molar-refractivity contribution in [1.82, 2.24) is 9.21 Å². The molecule has 3 atom stereocenters. The summed E-state index contributed by atoms with van der Waals surface area (Å²) in [6, 6.07) is 5.01. The second-order valence-electron chi connectivity index (χ2n) is 8.00. The van der Waals surface area contributed by atoms with Crippen LogP contribution >= 0.6 is 0 Å². The number of carbonyl (C=O) groups is 3. The highest BCUT2D eigenvalue weighted by Crippen LogP contribution is 2.36. The first kappa shape index (κ1) is 20.7. The molecule has 1 aromatic rings. The molecule has 0 spiro atoms. The maximum Gasteiger partial charge on any atom is 0.247 e. The van der Waals surface area contributed by atoms with Gasteiger partial charge in [-0.05, 0) is 56.9 Å². The third-order valence-corrected chi connectivity index (χ3v) is 8.05. The highest BCUT2D eigenvalue weighted by Gasteiger charge is 2.50. The summed E-state index contributed by atoms with van der Waals surface area (Å²) in [5.74, 6) is -1.85. The van der Waals surface area contributed by atoms with Gasteiger partial charge in [0.2, 0.25) is 27.7 Å². The number of imide groups is 1. The zero-order valence-electron chi connectivity index (χ0n) is 16.8. The van der Waals surface area contributed by atoms with Crippen LogP contribution in [0.4, 0.5) is 5.69 Å². The Hall–Kier alpha value is -2.52. The lowest BCUT2D eigenvalue weighted by Crippen LogP contribution is -2.46. The molecule has 30 heavy (non-hydrogen) atoms. The number of carbonyl (C=O) groups excluding carboxylic acids is 3. The Labute approximate surface area is 176 Å². The minimum atomic E-state index is -3.52. The van der Waals surface area contributed by atoms with Crippen LogP contribution in [0.3, 0.4) is 0 Å². The zero-order chi connectivity index (χ0) is 21.5. The van der Waals surface area contributed by atoms with Gasteiger partial charge in [-0.25, -0.2) is 8.42 Å². The van der Waals surface area contributed by atoms with E-state index in [9.17, 15) is 22.8 Å². The molecule has 4 rings (SSSR count). The van der Waals surface area contributed by atoms with Gasteiger partial charge in [-0.15, -0.1) is 0 Å². The van der Waals surface area contributed by atoms with Crippen LogP contribution in [0.5, 0.6) is 0 Å². The van der Waals surface area contributed by atoms with Crippen LogP contribution in [-0.2, 0) is 24.4 Å². The van der Waals surface area contributed by atoms with Crippen molar-refractivity contribution in [2.45, 2.75) is 43.5 Å². The monoisotopic (exact) mass is 431 g/mol. The van der Waals surface area contributed by atoms with E-state index in [0.717, 1.165) is 17.7 Å². The van der Waals surface area contributed by atoms with Gasteiger partial charge in [-0.1, -0.05) is 12.2 Å². The van der Waals surface area contributed by atoms with Crippen molar-refractivity contribution in [1.29, 1.82) is 0 Å². The molecule has 1 aliphatic carbocycles. The van der Waals surface area contributed by atoms with E-state index >= 15 is 0 Å². The second-order valence-corrected chi connectivity index (χ2v) is 9.94. The maximum absolute atomic E-state index is 12.7. The van der Waals surface area contributed by atoms with Gasteiger partial charge in [-0.3, -0.25) is 19.3 Å². The lowest BCUT2D eigenvalue weighted by atomic mass is 9.85. The van der Waals surface area contributed by atoms with E-state index in [-0.39, 0.29) is 28.5 Å². The van der Waals surface area contributed by atoms with Gasteiger partial charge in [0.25, 0.3) is 0 Å². The topological polar surface area (TPSA) is 104 Å². The average molecular weight is 432 g/mol. The van der Waals surface area contributed by atoms with Crippen LogP contribution < -0.4 is 5.32 Å². The van der Waals surface area contributed by atoms with Crippen molar-refractivity contribution >= 4 is 33.4 Å². The van der Waals surface area contributed by atoms with Gasteiger partial charge in [0, 0.05) is 18.8 Å². The smallest absolute Gasteiger partial charge is 0.247 e. The van der Waals surface area contributed by atoms with Crippen LogP contribution in [0.1, 0.15) is 32.6 Å². The van der Waals surface area contributed by atoms with E-state index in [1.165, 1.54) is 35.5 Å². The molecule has 1 N–H and O–H groups in total. The maximum atomic E-state index is 12.7. The van der Waals surface area contributed by atoms with Gasteiger partial charge in [0.05, 0.1) is 16.7 Å². The number of allylic oxidation sites excluding steroid dienone is 2. The van der Waals surface area contributed by atoms with E-state index in [2.05, 4.69) is 5.32 Å². The summed E-state index contributed by atoms with van der Waals surface area (Å²) in [5.41, 5.74) is 0.408. The summed E-state index contributed by atoms with van der Waals surface area (Å²) in [6.07, 6.45) is 6.56. The number of nitrogens with zero attached hydrogens (tertiary/aromatic N) is 2. The molecular formula is C21H25N3O5S. The van der Waals surface area contributed by atoms with Gasteiger partial charge >= 0.3 is 0 Å². The molecule has 0 aromatic heterocycles. The SMILES string of the molecule is C[C@@H](C(=O)Nc1ccc(S(=O)(=O)N2CCCC2)cc1)N1C(=O)[C@H]2CC=CC[C@H]2C1=O. The third-order valence-electron chi connectivity index (χ3n) is 6.13. The number of amides is 3. The van der Waals surface area contributed by atoms with Gasteiger partial charge in [0.1, 0.15) is 6.04 Å². The van der Waals surface area contributed by atoms with Crippen LogP contribution in [0.2, 0.25) is 0 Å². The summed E-state index contributed by atoms with van der Waals surface area (Å²) < 4.78 is 26.7. The van der Waals surface area contributed by atoms with E-state index in [1.807, 2.05) is 12.2 Å². The molecule has 0 radical (unpaired) electrons. The third kappa shape index (κ3) is 3.56. The largest absolute Gasteiger partial charge is 0.324 e. The number of hydrogen-bond donors (Lipinski definition) is 1. The quantitative estimate of drug-likeness (QED) is 0.565. The number of fused-ring (bicyclic) bond motifs is 1. The number of anilines is 1. The number of hydrogen-bond acceptors (Lipinski definition) is 5. The number of nitrogens with one attached hydrogen (secondary N) is 1. The summed E-state index contributed by atoms with van der Waals surface area (Å²) in [6.45, 7) is 2.57. The first-order valence-corrected chi connectivity index (χ1v) is 11.7. The number of likely N-dealkylation sites (tertiary alicyclic amines) is 1. The molecule has 1 aromatic carbocycles. The van der Waals surface area contributed by atoms with Crippen LogP contribution in [0.15, 0.2) is 41.3 Å². The molecule has 0 saturated carbocycles.